The van der Waals surface area contributed by atoms with Crippen LogP contribution in [-0.2, 0) is 5.75 Å². The molecule has 1 aliphatic rings. The van der Waals surface area contributed by atoms with Gasteiger partial charge in [0.25, 0.3) is 0 Å². The third kappa shape index (κ3) is 4.42. The highest BCUT2D eigenvalue weighted by Gasteiger charge is 2.22. The highest BCUT2D eigenvalue weighted by Crippen LogP contribution is 2.41. The minimum absolute atomic E-state index is 0.253. The van der Waals surface area contributed by atoms with Gasteiger partial charge in [-0.05, 0) is 73.1 Å². The number of imidazole rings is 1. The zero-order valence-electron chi connectivity index (χ0n) is 18.7. The smallest absolute Gasteiger partial charge is 0.191 e. The van der Waals surface area contributed by atoms with Gasteiger partial charge in [-0.1, -0.05) is 30.3 Å². The van der Waals surface area contributed by atoms with E-state index in [0.717, 1.165) is 50.8 Å². The summed E-state index contributed by atoms with van der Waals surface area (Å²) in [4.78, 5) is 5.85. The number of aromatic hydroxyl groups is 1. The predicted octanol–water partition coefficient (Wildman–Crippen LogP) is 5.79. The molecular weight excluding hydrogens is 462 g/mol. The summed E-state index contributed by atoms with van der Waals surface area (Å²) in [7, 11) is 0. The summed E-state index contributed by atoms with van der Waals surface area (Å²) in [5.41, 5.74) is 11.4. The molecule has 34 heavy (non-hydrogen) atoms. The zero-order chi connectivity index (χ0) is 23.7. The molecule has 6 nitrogen and oxygen atoms in total. The van der Waals surface area contributed by atoms with Crippen molar-refractivity contribution in [2.75, 3.05) is 5.32 Å². The normalized spacial score (nSPS) is 12.3. The summed E-state index contributed by atoms with van der Waals surface area (Å²) >= 11 is 7.17. The van der Waals surface area contributed by atoms with Crippen LogP contribution in [-0.4, -0.2) is 26.0 Å². The Morgan fingerprint density at radius 2 is 1.88 bits per heavy atom. The lowest BCUT2D eigenvalue weighted by atomic mass is 10.1. The van der Waals surface area contributed by atoms with Gasteiger partial charge in [0.2, 0.25) is 0 Å². The first-order valence-electron chi connectivity index (χ1n) is 10.8. The van der Waals surface area contributed by atoms with Gasteiger partial charge in [-0.25, -0.2) is 4.98 Å². The van der Waals surface area contributed by atoms with Gasteiger partial charge in [-0.2, -0.15) is 5.10 Å². The molecule has 0 aliphatic carbocycles. The second-order valence-electron chi connectivity index (χ2n) is 8.06. The molecule has 0 fully saturated rings. The maximum absolute atomic E-state index is 9.57. The topological polar surface area (TPSA) is 74.5 Å². The number of nitrogens with zero attached hydrogens (tertiary/aromatic N) is 3. The van der Waals surface area contributed by atoms with Crippen molar-refractivity contribution >= 4 is 41.0 Å². The number of phenols is 1. The third-order valence-corrected chi connectivity index (χ3v) is 6.98. The van der Waals surface area contributed by atoms with Gasteiger partial charge in [-0.15, -0.1) is 11.8 Å². The number of aryl methyl sites for hydroxylation is 2. The van der Waals surface area contributed by atoms with Crippen molar-refractivity contribution in [3.63, 3.8) is 0 Å². The monoisotopic (exact) mass is 485 g/mol. The summed E-state index contributed by atoms with van der Waals surface area (Å²) in [6.07, 6.45) is 3.61. The Bertz CT molecular complexity index is 1390. The van der Waals surface area contributed by atoms with Crippen molar-refractivity contribution < 1.29 is 5.11 Å². The fraction of sp³-hybridized carbons (Fsp3) is 0.115. The lowest BCUT2D eigenvalue weighted by Crippen LogP contribution is -2.24. The molecule has 0 radical (unpaired) electrons. The summed E-state index contributed by atoms with van der Waals surface area (Å²) in [6, 6.07) is 19.5. The average molecular weight is 486 g/mol. The molecule has 3 N–H and O–H groups in total. The molecule has 0 saturated carbocycles. The number of para-hydroxylation sites is 1. The average Bonchev–Trinajstić information content (AvgIpc) is 3.26. The largest absolute Gasteiger partial charge is 0.508 e. The van der Waals surface area contributed by atoms with E-state index in [4.69, 9.17) is 12.2 Å². The number of nitrogens with one attached hydrogen (secondary N) is 2. The molecule has 3 aromatic carbocycles. The Kier molecular flexibility index (Phi) is 6.08. The minimum atomic E-state index is 0.253. The van der Waals surface area contributed by atoms with E-state index in [9.17, 15) is 5.11 Å². The molecular formula is C26H23N5OS2. The Balaban J connectivity index is 1.30. The first-order valence-corrected chi connectivity index (χ1v) is 12.2. The molecule has 0 atom stereocenters. The van der Waals surface area contributed by atoms with Crippen LogP contribution < -0.4 is 10.7 Å². The van der Waals surface area contributed by atoms with Crippen LogP contribution in [0, 0.1) is 13.8 Å². The molecule has 0 unspecified atom stereocenters. The van der Waals surface area contributed by atoms with E-state index in [1.807, 2.05) is 56.6 Å². The fourth-order valence-electron chi connectivity index (χ4n) is 3.97. The van der Waals surface area contributed by atoms with Gasteiger partial charge >= 0.3 is 0 Å². The molecule has 5 rings (SSSR count). The highest BCUT2D eigenvalue weighted by molar-refractivity contribution is 7.98. The lowest BCUT2D eigenvalue weighted by Gasteiger charge is -2.18. The standard InChI is InChI=1S/C26H23N5OS2/c1-16-4-3-5-17(2)24(16)29-26(33)30-28-13-18-6-11-21-23(12-18)34-14-22-25(21)27-15-31(22)19-7-9-20(32)10-8-19/h3-13,15,32H,14H2,1-2H3,(H2,29,30,33)/b28-13+. The van der Waals surface area contributed by atoms with Gasteiger partial charge in [0.15, 0.2) is 5.11 Å². The van der Waals surface area contributed by atoms with Crippen LogP contribution in [0.15, 0.2) is 77.0 Å². The maximum atomic E-state index is 9.57. The number of fused-ring (bicyclic) bond motifs is 3. The molecule has 4 aromatic rings. The van der Waals surface area contributed by atoms with Crippen molar-refractivity contribution in [2.45, 2.75) is 24.5 Å². The van der Waals surface area contributed by atoms with Crippen molar-refractivity contribution in [2.24, 2.45) is 5.10 Å². The van der Waals surface area contributed by atoms with E-state index >= 15 is 0 Å². The SMILES string of the molecule is Cc1cccc(C)c1NC(=S)N/N=C/c1ccc2c(c1)SCc1c-2ncn1-c1ccc(O)cc1. The number of anilines is 1. The molecule has 0 bridgehead atoms. The Labute approximate surface area is 207 Å². The number of rotatable bonds is 4. The van der Waals surface area contributed by atoms with Crippen molar-refractivity contribution in [3.8, 4) is 22.7 Å². The maximum Gasteiger partial charge on any atom is 0.191 e. The molecule has 8 heteroatoms. The highest BCUT2D eigenvalue weighted by atomic mass is 32.2. The van der Waals surface area contributed by atoms with Crippen molar-refractivity contribution in [1.29, 1.82) is 0 Å². The van der Waals surface area contributed by atoms with E-state index in [0.29, 0.717) is 5.11 Å². The number of benzene rings is 3. The Hall–Kier alpha value is -3.62. The third-order valence-electron chi connectivity index (χ3n) is 5.72. The fourth-order valence-corrected chi connectivity index (χ4v) is 5.23. The molecule has 0 saturated heterocycles. The summed E-state index contributed by atoms with van der Waals surface area (Å²) < 4.78 is 2.08. The molecule has 0 spiro atoms. The van der Waals surface area contributed by atoms with Gasteiger partial charge in [0.05, 0.1) is 17.6 Å². The van der Waals surface area contributed by atoms with Gasteiger partial charge in [0.1, 0.15) is 12.1 Å². The molecule has 1 aliphatic heterocycles. The second kappa shape index (κ2) is 9.32. The van der Waals surface area contributed by atoms with E-state index in [2.05, 4.69) is 37.5 Å². The number of thiocarbonyl (C=S) groups is 1. The van der Waals surface area contributed by atoms with Crippen LogP contribution in [0.25, 0.3) is 16.9 Å². The van der Waals surface area contributed by atoms with Crippen LogP contribution in [0.2, 0.25) is 0 Å². The number of hydrogen-bond acceptors (Lipinski definition) is 5. The molecule has 170 valence electrons. The van der Waals surface area contributed by atoms with Gasteiger partial charge < -0.3 is 15.0 Å². The number of thioether (sulfide) groups is 1. The summed E-state index contributed by atoms with van der Waals surface area (Å²) in [5.74, 6) is 1.06. The summed E-state index contributed by atoms with van der Waals surface area (Å²) in [6.45, 7) is 4.09. The van der Waals surface area contributed by atoms with Gasteiger partial charge in [0, 0.05) is 27.6 Å². The predicted molar refractivity (Wildman–Crippen MR) is 143 cm³/mol. The molecule has 0 amide bonds. The van der Waals surface area contributed by atoms with Crippen LogP contribution in [0.5, 0.6) is 5.75 Å². The van der Waals surface area contributed by atoms with Crippen LogP contribution in [0.1, 0.15) is 22.4 Å². The summed E-state index contributed by atoms with van der Waals surface area (Å²) in [5, 5.41) is 17.6. The van der Waals surface area contributed by atoms with E-state index in [1.54, 1.807) is 30.1 Å². The first-order chi connectivity index (χ1) is 16.5. The number of phenolic OH excluding ortho intramolecular Hbond substituents is 1. The van der Waals surface area contributed by atoms with Crippen LogP contribution in [0.4, 0.5) is 5.69 Å². The first kappa shape index (κ1) is 22.2. The second-order valence-corrected chi connectivity index (χ2v) is 9.49. The van der Waals surface area contributed by atoms with Crippen molar-refractivity contribution in [3.05, 3.63) is 89.4 Å². The quantitative estimate of drug-likeness (QED) is 0.193. The Morgan fingerprint density at radius 3 is 2.65 bits per heavy atom. The number of hydrazone groups is 1. The minimum Gasteiger partial charge on any atom is -0.508 e. The van der Waals surface area contributed by atoms with Crippen molar-refractivity contribution in [1.82, 2.24) is 15.0 Å². The van der Waals surface area contributed by atoms with E-state index < -0.39 is 0 Å². The Morgan fingerprint density at radius 1 is 1.12 bits per heavy atom. The van der Waals surface area contributed by atoms with Crippen LogP contribution in [0.3, 0.4) is 0 Å². The molecule has 1 aromatic heterocycles. The number of aromatic nitrogens is 2. The zero-order valence-corrected chi connectivity index (χ0v) is 20.4. The number of hydrogen-bond donors (Lipinski definition) is 3. The molecule has 2 heterocycles. The van der Waals surface area contributed by atoms with Gasteiger partial charge in [-0.3, -0.25) is 5.43 Å². The van der Waals surface area contributed by atoms with Crippen LogP contribution >= 0.6 is 24.0 Å². The van der Waals surface area contributed by atoms with E-state index in [1.165, 1.54) is 4.90 Å². The lowest BCUT2D eigenvalue weighted by molar-refractivity contribution is 0.475. The van der Waals surface area contributed by atoms with E-state index in [-0.39, 0.29) is 5.75 Å².